The van der Waals surface area contributed by atoms with Gasteiger partial charge in [-0.25, -0.2) is 0 Å². The molecule has 2 aromatic rings. The van der Waals surface area contributed by atoms with Crippen molar-refractivity contribution in [2.75, 3.05) is 13.2 Å². The molecule has 1 aromatic heterocycles. The second-order valence-corrected chi connectivity index (χ2v) is 3.36. The lowest BCUT2D eigenvalue weighted by atomic mass is 10.2. The Morgan fingerprint density at radius 1 is 1.40 bits per heavy atom. The largest absolute Gasteiger partial charge is 0.490 e. The van der Waals surface area contributed by atoms with E-state index in [0.29, 0.717) is 13.2 Å². The van der Waals surface area contributed by atoms with Gasteiger partial charge in [0.25, 0.3) is 0 Å². The average Bonchev–Trinajstić information content (AvgIpc) is 2.62. The summed E-state index contributed by atoms with van der Waals surface area (Å²) in [5.74, 6) is 1.72. The number of fused-ring (bicyclic) bond motifs is 1. The Morgan fingerprint density at radius 3 is 3.00 bits per heavy atom. The summed E-state index contributed by atoms with van der Waals surface area (Å²) < 4.78 is 11.2. The van der Waals surface area contributed by atoms with Crippen LogP contribution < -0.4 is 10.5 Å². The van der Waals surface area contributed by atoms with Gasteiger partial charge >= 0.3 is 0 Å². The van der Waals surface area contributed by atoms with Gasteiger partial charge in [0, 0.05) is 11.8 Å². The Labute approximate surface area is 88.8 Å². The van der Waals surface area contributed by atoms with E-state index >= 15 is 0 Å². The van der Waals surface area contributed by atoms with Crippen LogP contribution in [0.5, 0.6) is 5.75 Å². The highest BCUT2D eigenvalue weighted by Gasteiger charge is 2.07. The van der Waals surface area contributed by atoms with Gasteiger partial charge in [0.1, 0.15) is 5.76 Å². The standard InChI is InChI=1S/C12H15NO2/c1-2-14-11-5-3-4-9-8-10(6-7-13)15-12(9)11/h3-5,8H,2,6-7,13H2,1H3. The summed E-state index contributed by atoms with van der Waals surface area (Å²) in [5, 5.41) is 1.07. The molecule has 15 heavy (non-hydrogen) atoms. The smallest absolute Gasteiger partial charge is 0.176 e. The highest BCUT2D eigenvalue weighted by atomic mass is 16.5. The molecule has 3 nitrogen and oxygen atoms in total. The van der Waals surface area contributed by atoms with Crippen LogP contribution >= 0.6 is 0 Å². The molecule has 2 rings (SSSR count). The highest BCUT2D eigenvalue weighted by Crippen LogP contribution is 2.28. The molecule has 0 atom stereocenters. The number of hydrogen-bond acceptors (Lipinski definition) is 3. The minimum Gasteiger partial charge on any atom is -0.490 e. The number of ether oxygens (including phenoxy) is 1. The predicted octanol–water partition coefficient (Wildman–Crippen LogP) is 2.33. The van der Waals surface area contributed by atoms with Gasteiger partial charge in [-0.05, 0) is 25.6 Å². The first-order valence-corrected chi connectivity index (χ1v) is 5.19. The second-order valence-electron chi connectivity index (χ2n) is 3.36. The van der Waals surface area contributed by atoms with Crippen LogP contribution in [0.1, 0.15) is 12.7 Å². The Kier molecular flexibility index (Phi) is 2.92. The fraction of sp³-hybridized carbons (Fsp3) is 0.333. The molecule has 0 saturated carbocycles. The maximum absolute atomic E-state index is 5.69. The zero-order valence-electron chi connectivity index (χ0n) is 8.82. The van der Waals surface area contributed by atoms with Crippen LogP contribution in [0.25, 0.3) is 11.0 Å². The second kappa shape index (κ2) is 4.36. The molecule has 0 aliphatic carbocycles. The third-order valence-corrected chi connectivity index (χ3v) is 2.25. The van der Waals surface area contributed by atoms with E-state index < -0.39 is 0 Å². The van der Waals surface area contributed by atoms with Gasteiger partial charge in [0.2, 0.25) is 0 Å². The summed E-state index contributed by atoms with van der Waals surface area (Å²) in [6, 6.07) is 7.92. The lowest BCUT2D eigenvalue weighted by Gasteiger charge is -2.02. The van der Waals surface area contributed by atoms with Crippen LogP contribution in [0.15, 0.2) is 28.7 Å². The van der Waals surface area contributed by atoms with Crippen molar-refractivity contribution in [3.8, 4) is 5.75 Å². The van der Waals surface area contributed by atoms with Crippen molar-refractivity contribution >= 4 is 11.0 Å². The maximum atomic E-state index is 5.69. The van der Waals surface area contributed by atoms with E-state index in [0.717, 1.165) is 28.9 Å². The van der Waals surface area contributed by atoms with Crippen LogP contribution in [-0.4, -0.2) is 13.2 Å². The van der Waals surface area contributed by atoms with Gasteiger partial charge in [-0.3, -0.25) is 0 Å². The third-order valence-electron chi connectivity index (χ3n) is 2.25. The number of para-hydroxylation sites is 1. The molecule has 0 radical (unpaired) electrons. The number of nitrogens with two attached hydrogens (primary N) is 1. The molecule has 0 aliphatic rings. The average molecular weight is 205 g/mol. The fourth-order valence-electron chi connectivity index (χ4n) is 1.62. The van der Waals surface area contributed by atoms with Crippen molar-refractivity contribution in [3.05, 3.63) is 30.0 Å². The molecule has 0 unspecified atom stereocenters. The topological polar surface area (TPSA) is 48.4 Å². The van der Waals surface area contributed by atoms with Crippen molar-refractivity contribution in [1.29, 1.82) is 0 Å². The Balaban J connectivity index is 2.44. The first-order chi connectivity index (χ1) is 7.35. The van der Waals surface area contributed by atoms with E-state index in [4.69, 9.17) is 14.9 Å². The molecule has 3 heteroatoms. The van der Waals surface area contributed by atoms with Gasteiger partial charge in [-0.15, -0.1) is 0 Å². The van der Waals surface area contributed by atoms with E-state index in [1.165, 1.54) is 0 Å². The van der Waals surface area contributed by atoms with E-state index in [2.05, 4.69) is 0 Å². The zero-order valence-corrected chi connectivity index (χ0v) is 8.82. The molecular weight excluding hydrogens is 190 g/mol. The van der Waals surface area contributed by atoms with E-state index in [-0.39, 0.29) is 0 Å². The predicted molar refractivity (Wildman–Crippen MR) is 60.1 cm³/mol. The highest BCUT2D eigenvalue weighted by molar-refractivity contribution is 5.83. The van der Waals surface area contributed by atoms with Crippen LogP contribution in [0.2, 0.25) is 0 Å². The van der Waals surface area contributed by atoms with Crippen LogP contribution in [-0.2, 0) is 6.42 Å². The van der Waals surface area contributed by atoms with Gasteiger partial charge in [0.15, 0.2) is 11.3 Å². The van der Waals surface area contributed by atoms with Crippen molar-refractivity contribution in [3.63, 3.8) is 0 Å². The molecule has 0 saturated heterocycles. The van der Waals surface area contributed by atoms with Crippen molar-refractivity contribution < 1.29 is 9.15 Å². The van der Waals surface area contributed by atoms with Crippen molar-refractivity contribution in [2.45, 2.75) is 13.3 Å². The van der Waals surface area contributed by atoms with Gasteiger partial charge in [-0.2, -0.15) is 0 Å². The first kappa shape index (κ1) is 10.1. The normalized spacial score (nSPS) is 10.8. The summed E-state index contributed by atoms with van der Waals surface area (Å²) in [7, 11) is 0. The summed E-state index contributed by atoms with van der Waals surface area (Å²) in [4.78, 5) is 0. The van der Waals surface area contributed by atoms with Crippen molar-refractivity contribution in [2.24, 2.45) is 5.73 Å². The SMILES string of the molecule is CCOc1cccc2cc(CCN)oc12. The quantitative estimate of drug-likeness (QED) is 0.833. The van der Waals surface area contributed by atoms with Crippen LogP contribution in [0.3, 0.4) is 0 Å². The number of rotatable bonds is 4. The summed E-state index contributed by atoms with van der Waals surface area (Å²) in [6.45, 7) is 3.21. The van der Waals surface area contributed by atoms with Crippen LogP contribution in [0, 0.1) is 0 Å². The summed E-state index contributed by atoms with van der Waals surface area (Å²) >= 11 is 0. The lowest BCUT2D eigenvalue weighted by Crippen LogP contribution is -2.01. The fourth-order valence-corrected chi connectivity index (χ4v) is 1.62. The Bertz CT molecular complexity index is 448. The number of hydrogen-bond donors (Lipinski definition) is 1. The maximum Gasteiger partial charge on any atom is 0.176 e. The van der Waals surface area contributed by atoms with Gasteiger partial charge in [0.05, 0.1) is 6.61 Å². The minimum atomic E-state index is 0.601. The van der Waals surface area contributed by atoms with Crippen LogP contribution in [0.4, 0.5) is 0 Å². The van der Waals surface area contributed by atoms with E-state index in [9.17, 15) is 0 Å². The summed E-state index contributed by atoms with van der Waals surface area (Å²) in [5.41, 5.74) is 6.31. The Hall–Kier alpha value is -1.48. The number of benzene rings is 1. The lowest BCUT2D eigenvalue weighted by molar-refractivity contribution is 0.337. The molecule has 0 aliphatic heterocycles. The molecule has 0 bridgehead atoms. The van der Waals surface area contributed by atoms with E-state index in [1.807, 2.05) is 31.2 Å². The van der Waals surface area contributed by atoms with E-state index in [1.54, 1.807) is 0 Å². The third kappa shape index (κ3) is 1.97. The molecule has 0 amide bonds. The zero-order chi connectivity index (χ0) is 10.7. The molecule has 80 valence electrons. The number of furan rings is 1. The molecule has 1 heterocycles. The molecule has 1 aromatic carbocycles. The van der Waals surface area contributed by atoms with Gasteiger partial charge in [-0.1, -0.05) is 12.1 Å². The Morgan fingerprint density at radius 2 is 2.27 bits per heavy atom. The first-order valence-electron chi connectivity index (χ1n) is 5.19. The minimum absolute atomic E-state index is 0.601. The molecule has 0 spiro atoms. The van der Waals surface area contributed by atoms with Gasteiger partial charge < -0.3 is 14.9 Å². The monoisotopic (exact) mass is 205 g/mol. The molecule has 0 fully saturated rings. The van der Waals surface area contributed by atoms with Crippen molar-refractivity contribution in [1.82, 2.24) is 0 Å². The molecule has 2 N–H and O–H groups in total. The summed E-state index contributed by atoms with van der Waals surface area (Å²) in [6.07, 6.45) is 0.764. The molecular formula is C12H15NO2.